The molecule has 1 fully saturated rings. The Morgan fingerprint density at radius 1 is 1.11 bits per heavy atom. The lowest BCUT2D eigenvalue weighted by Crippen LogP contribution is -2.25. The molecule has 2 aromatic carbocycles. The molecule has 45 heavy (non-hydrogen) atoms. The maximum atomic E-state index is 13.7. The molecule has 5 rings (SSSR count). The summed E-state index contributed by atoms with van der Waals surface area (Å²) < 4.78 is 56.5. The van der Waals surface area contributed by atoms with E-state index in [1.807, 2.05) is 19.1 Å². The first kappa shape index (κ1) is 35.1. The third-order valence-corrected chi connectivity index (χ3v) is 7.13. The van der Waals surface area contributed by atoms with Crippen LogP contribution < -0.4 is 10.1 Å². The molecular formula is C33H34ClF4N3O4. The van der Waals surface area contributed by atoms with E-state index < -0.39 is 18.5 Å². The molecule has 3 aromatic rings. The SMILES string of the molecule is C.Cc1ccc(C(=O)NCCC(=O)O)cc1.FC1C=CC(n2cc(-c3ccc(OC(F)(F)F)cc3)c(C3CCC3)n2)=CC(Cl)=C1. The average Bonchev–Trinajstić information content (AvgIpc) is 3.26. The molecule has 1 aromatic heterocycles. The number of amides is 1. The Morgan fingerprint density at radius 3 is 2.36 bits per heavy atom. The van der Waals surface area contributed by atoms with Crippen molar-refractivity contribution in [1.29, 1.82) is 0 Å². The smallest absolute Gasteiger partial charge is 0.481 e. The number of aromatic nitrogens is 2. The summed E-state index contributed by atoms with van der Waals surface area (Å²) in [6, 6.07) is 12.8. The minimum absolute atomic E-state index is 0. The first-order valence-corrected chi connectivity index (χ1v) is 14.2. The van der Waals surface area contributed by atoms with Crippen molar-refractivity contribution in [3.05, 3.63) is 101 Å². The molecule has 1 saturated carbocycles. The molecule has 240 valence electrons. The summed E-state index contributed by atoms with van der Waals surface area (Å²) in [5.74, 6) is -1.15. The lowest BCUT2D eigenvalue weighted by Gasteiger charge is -2.24. The molecule has 12 heteroatoms. The summed E-state index contributed by atoms with van der Waals surface area (Å²) in [6.07, 6.45) is 4.75. The maximum absolute atomic E-state index is 13.7. The zero-order valence-corrected chi connectivity index (χ0v) is 24.4. The number of benzene rings is 2. The van der Waals surface area contributed by atoms with Crippen molar-refractivity contribution in [1.82, 2.24) is 15.1 Å². The highest BCUT2D eigenvalue weighted by Crippen LogP contribution is 2.41. The Kier molecular flexibility index (Phi) is 12.1. The lowest BCUT2D eigenvalue weighted by molar-refractivity contribution is -0.274. The van der Waals surface area contributed by atoms with Crippen LogP contribution in [0.25, 0.3) is 16.8 Å². The van der Waals surface area contributed by atoms with Crippen molar-refractivity contribution in [2.45, 2.75) is 58.5 Å². The molecule has 1 amide bonds. The van der Waals surface area contributed by atoms with E-state index in [0.29, 0.717) is 11.3 Å². The van der Waals surface area contributed by atoms with E-state index in [2.05, 4.69) is 10.1 Å². The highest BCUT2D eigenvalue weighted by atomic mass is 35.5. The minimum Gasteiger partial charge on any atom is -0.481 e. The summed E-state index contributed by atoms with van der Waals surface area (Å²) >= 11 is 6.05. The third kappa shape index (κ3) is 10.3. The highest BCUT2D eigenvalue weighted by Gasteiger charge is 2.31. The zero-order valence-electron chi connectivity index (χ0n) is 23.7. The number of carbonyl (C=O) groups is 2. The number of alkyl halides is 4. The molecule has 0 bridgehead atoms. The van der Waals surface area contributed by atoms with Crippen LogP contribution in [0.15, 0.2) is 84.1 Å². The number of carbonyl (C=O) groups excluding carboxylic acids is 1. The fourth-order valence-electron chi connectivity index (χ4n) is 4.43. The Labute approximate surface area is 263 Å². The molecule has 2 aliphatic carbocycles. The molecule has 2 N–H and O–H groups in total. The highest BCUT2D eigenvalue weighted by molar-refractivity contribution is 6.31. The quantitative estimate of drug-likeness (QED) is 0.240. The van der Waals surface area contributed by atoms with Gasteiger partial charge in [0.2, 0.25) is 0 Å². The number of aryl methyl sites for hydroxylation is 1. The van der Waals surface area contributed by atoms with Gasteiger partial charge >= 0.3 is 12.3 Å². The van der Waals surface area contributed by atoms with Crippen LogP contribution >= 0.6 is 11.6 Å². The number of halogens is 5. The fraction of sp³-hybridized carbons (Fsp3) is 0.303. The molecule has 0 spiro atoms. The number of aliphatic carboxylic acids is 1. The first-order valence-electron chi connectivity index (χ1n) is 13.8. The molecule has 1 heterocycles. The van der Waals surface area contributed by atoms with Gasteiger partial charge in [0.1, 0.15) is 11.9 Å². The van der Waals surface area contributed by atoms with Crippen LogP contribution in [-0.4, -0.2) is 45.8 Å². The second kappa shape index (κ2) is 15.6. The van der Waals surface area contributed by atoms with Crippen molar-refractivity contribution in [3.8, 4) is 16.9 Å². The van der Waals surface area contributed by atoms with Gasteiger partial charge in [-0.25, -0.2) is 9.07 Å². The number of carboxylic acids is 1. The van der Waals surface area contributed by atoms with Gasteiger partial charge in [-0.2, -0.15) is 5.10 Å². The molecule has 0 aliphatic heterocycles. The second-order valence-corrected chi connectivity index (χ2v) is 10.7. The topological polar surface area (TPSA) is 93.5 Å². The van der Waals surface area contributed by atoms with Crippen molar-refractivity contribution < 1.29 is 37.0 Å². The van der Waals surface area contributed by atoms with Gasteiger partial charge < -0.3 is 15.2 Å². The predicted molar refractivity (Wildman–Crippen MR) is 166 cm³/mol. The van der Waals surface area contributed by atoms with Crippen LogP contribution in [0.3, 0.4) is 0 Å². The zero-order chi connectivity index (χ0) is 31.9. The Balaban J connectivity index is 0.000000294. The summed E-state index contributed by atoms with van der Waals surface area (Å²) in [5, 5.41) is 15.9. The third-order valence-electron chi connectivity index (χ3n) is 6.89. The molecule has 0 saturated heterocycles. The Bertz CT molecular complexity index is 1560. The molecule has 0 radical (unpaired) electrons. The standard InChI is InChI=1S/C21H17ClF4N2O.C11H13NO3.CH4/c22-15-10-16(23)6-7-17(11-15)28-12-19(20(27-28)14-2-1-3-14)13-4-8-18(9-5-13)29-21(24,25)26;1-8-2-4-9(5-3-8)11(15)12-7-6-10(13)14;/h4-12,14,16H,1-3H2;2-5H,6-7H2,1H3,(H,12,15)(H,13,14);1H4. The number of carboxylic acid groups (broad SMARTS) is 1. The van der Waals surface area contributed by atoms with E-state index in [1.165, 1.54) is 24.3 Å². The van der Waals surface area contributed by atoms with Gasteiger partial charge in [0.05, 0.1) is 17.8 Å². The Hall–Kier alpha value is -4.38. The molecule has 2 aliphatic rings. The number of rotatable bonds is 8. The van der Waals surface area contributed by atoms with E-state index in [9.17, 15) is 27.2 Å². The maximum Gasteiger partial charge on any atom is 0.573 e. The van der Waals surface area contributed by atoms with Gasteiger partial charge in [0.15, 0.2) is 0 Å². The van der Waals surface area contributed by atoms with Crippen LogP contribution in [0, 0.1) is 6.92 Å². The number of nitrogens with one attached hydrogen (secondary N) is 1. The van der Waals surface area contributed by atoms with E-state index in [4.69, 9.17) is 21.8 Å². The van der Waals surface area contributed by atoms with Crippen molar-refractivity contribution in [2.75, 3.05) is 6.54 Å². The van der Waals surface area contributed by atoms with E-state index in [1.54, 1.807) is 47.3 Å². The van der Waals surface area contributed by atoms with Crippen LogP contribution in [0.2, 0.25) is 0 Å². The van der Waals surface area contributed by atoms with Gasteiger partial charge in [-0.05, 0) is 73.9 Å². The monoisotopic (exact) mass is 647 g/mol. The first-order chi connectivity index (χ1) is 20.9. The molecular weight excluding hydrogens is 614 g/mol. The summed E-state index contributed by atoms with van der Waals surface area (Å²) in [4.78, 5) is 21.6. The minimum atomic E-state index is -4.73. The number of allylic oxidation sites excluding steroid dienone is 6. The summed E-state index contributed by atoms with van der Waals surface area (Å²) in [5.41, 5.74) is 4.66. The van der Waals surface area contributed by atoms with Crippen LogP contribution in [0.4, 0.5) is 17.6 Å². The normalized spacial score (nSPS) is 16.1. The summed E-state index contributed by atoms with van der Waals surface area (Å²) in [7, 11) is 0. The second-order valence-electron chi connectivity index (χ2n) is 10.3. The lowest BCUT2D eigenvalue weighted by atomic mass is 9.81. The van der Waals surface area contributed by atoms with Crippen molar-refractivity contribution >= 4 is 29.2 Å². The van der Waals surface area contributed by atoms with Crippen LogP contribution in [0.5, 0.6) is 5.75 Å². The number of hydrogen-bond donors (Lipinski definition) is 2. The van der Waals surface area contributed by atoms with Crippen molar-refractivity contribution in [2.24, 2.45) is 0 Å². The fourth-order valence-corrected chi connectivity index (χ4v) is 4.66. The Morgan fingerprint density at radius 2 is 1.78 bits per heavy atom. The van der Waals surface area contributed by atoms with E-state index >= 15 is 0 Å². The van der Waals surface area contributed by atoms with E-state index in [0.717, 1.165) is 41.6 Å². The molecule has 1 unspecified atom stereocenters. The molecule has 7 nitrogen and oxygen atoms in total. The number of hydrogen-bond acceptors (Lipinski definition) is 4. The largest absolute Gasteiger partial charge is 0.573 e. The number of nitrogens with zero attached hydrogens (tertiary/aromatic N) is 2. The summed E-state index contributed by atoms with van der Waals surface area (Å²) in [6.45, 7) is 2.09. The van der Waals surface area contributed by atoms with E-state index in [-0.39, 0.29) is 43.0 Å². The van der Waals surface area contributed by atoms with Gasteiger partial charge in [-0.3, -0.25) is 9.59 Å². The van der Waals surface area contributed by atoms with Gasteiger partial charge in [0.25, 0.3) is 5.91 Å². The van der Waals surface area contributed by atoms with Gasteiger partial charge in [-0.1, -0.05) is 55.3 Å². The molecule has 1 atom stereocenters. The van der Waals surface area contributed by atoms with Gasteiger partial charge in [-0.15, -0.1) is 13.2 Å². The van der Waals surface area contributed by atoms with Crippen LogP contribution in [0.1, 0.15) is 60.6 Å². The predicted octanol–water partition coefficient (Wildman–Crippen LogP) is 8.42. The average molecular weight is 648 g/mol. The number of ether oxygens (including phenoxy) is 1. The van der Waals surface area contributed by atoms with Crippen LogP contribution in [-0.2, 0) is 4.79 Å². The van der Waals surface area contributed by atoms with Gasteiger partial charge in [0, 0.05) is 34.8 Å². The van der Waals surface area contributed by atoms with Crippen molar-refractivity contribution in [3.63, 3.8) is 0 Å².